The molecule has 0 aliphatic heterocycles. The molecule has 0 bridgehead atoms. The lowest BCUT2D eigenvalue weighted by molar-refractivity contribution is 0.114. The summed E-state index contributed by atoms with van der Waals surface area (Å²) in [6, 6.07) is 10.3. The topological polar surface area (TPSA) is 38.7 Å². The van der Waals surface area contributed by atoms with Crippen molar-refractivity contribution < 1.29 is 5.11 Å². The number of nitrogens with one attached hydrogen (secondary N) is 1. The van der Waals surface area contributed by atoms with Gasteiger partial charge in [-0.1, -0.05) is 37.3 Å². The van der Waals surface area contributed by atoms with E-state index >= 15 is 0 Å². The summed E-state index contributed by atoms with van der Waals surface area (Å²) < 4.78 is 0. The van der Waals surface area contributed by atoms with Gasteiger partial charge in [0.05, 0.1) is 12.1 Å². The Morgan fingerprint density at radius 3 is 2.29 bits per heavy atom. The van der Waals surface area contributed by atoms with E-state index in [4.69, 9.17) is 0 Å². The molecule has 0 aliphatic carbocycles. The molecule has 2 N–H and O–H groups in total. The van der Waals surface area contributed by atoms with Crippen LogP contribution in [0.2, 0.25) is 0 Å². The third-order valence-electron chi connectivity index (χ3n) is 3.78. The molecular formula is C17H31N3O. The summed E-state index contributed by atoms with van der Waals surface area (Å²) in [4.78, 5) is 4.46. The van der Waals surface area contributed by atoms with E-state index in [0.29, 0.717) is 0 Å². The Morgan fingerprint density at radius 1 is 1.10 bits per heavy atom. The summed E-state index contributed by atoms with van der Waals surface area (Å²) in [5.74, 6) is 0. The predicted octanol–water partition coefficient (Wildman–Crippen LogP) is 1.37. The first-order valence-electron chi connectivity index (χ1n) is 7.79. The van der Waals surface area contributed by atoms with Crippen LogP contribution in [0.5, 0.6) is 0 Å². The minimum atomic E-state index is -0.391. The molecule has 4 nitrogen and oxygen atoms in total. The van der Waals surface area contributed by atoms with Gasteiger partial charge in [0.1, 0.15) is 0 Å². The van der Waals surface area contributed by atoms with E-state index in [9.17, 15) is 5.11 Å². The minimum absolute atomic E-state index is 0.101. The fraction of sp³-hybridized carbons (Fsp3) is 0.647. The van der Waals surface area contributed by atoms with Crippen LogP contribution in [-0.2, 0) is 5.54 Å². The van der Waals surface area contributed by atoms with Crippen LogP contribution >= 0.6 is 0 Å². The zero-order valence-corrected chi connectivity index (χ0v) is 14.0. The first-order chi connectivity index (χ1) is 10.0. The summed E-state index contributed by atoms with van der Waals surface area (Å²) in [6.07, 6.45) is 1.05. The Labute approximate surface area is 129 Å². The second-order valence-corrected chi connectivity index (χ2v) is 6.07. The lowest BCUT2D eigenvalue weighted by Gasteiger charge is -2.37. The summed E-state index contributed by atoms with van der Waals surface area (Å²) >= 11 is 0. The van der Waals surface area contributed by atoms with Crippen molar-refractivity contribution in [2.24, 2.45) is 0 Å². The number of likely N-dealkylation sites (N-methyl/N-ethyl adjacent to an activating group) is 2. The molecule has 0 amide bonds. The van der Waals surface area contributed by atoms with E-state index in [1.165, 1.54) is 0 Å². The van der Waals surface area contributed by atoms with Crippen molar-refractivity contribution in [2.75, 3.05) is 53.9 Å². The van der Waals surface area contributed by atoms with Gasteiger partial charge >= 0.3 is 0 Å². The summed E-state index contributed by atoms with van der Waals surface area (Å²) in [7, 11) is 6.28. The number of hydrogen-bond donors (Lipinski definition) is 2. The summed E-state index contributed by atoms with van der Waals surface area (Å²) in [5, 5.41) is 13.6. The first kappa shape index (κ1) is 18.1. The van der Waals surface area contributed by atoms with E-state index in [1.54, 1.807) is 0 Å². The Bertz CT molecular complexity index is 383. The smallest absolute Gasteiger partial charge is 0.0797 e. The maximum absolute atomic E-state index is 10.1. The molecule has 21 heavy (non-hydrogen) atoms. The van der Waals surface area contributed by atoms with Gasteiger partial charge in [-0.15, -0.1) is 0 Å². The van der Waals surface area contributed by atoms with E-state index in [1.807, 2.05) is 18.2 Å². The average molecular weight is 293 g/mol. The Morgan fingerprint density at radius 2 is 1.76 bits per heavy atom. The highest BCUT2D eigenvalue weighted by molar-refractivity contribution is 5.25. The lowest BCUT2D eigenvalue weighted by Crippen LogP contribution is -2.53. The van der Waals surface area contributed by atoms with Gasteiger partial charge in [0.25, 0.3) is 0 Å². The van der Waals surface area contributed by atoms with Crippen LogP contribution in [0.15, 0.2) is 30.3 Å². The van der Waals surface area contributed by atoms with Crippen LogP contribution in [0, 0.1) is 0 Å². The van der Waals surface area contributed by atoms with Gasteiger partial charge in [-0.2, -0.15) is 0 Å². The average Bonchev–Trinajstić information content (AvgIpc) is 2.50. The molecule has 1 aromatic rings. The molecule has 4 heteroatoms. The van der Waals surface area contributed by atoms with Gasteiger partial charge in [0.15, 0.2) is 0 Å². The first-order valence-corrected chi connectivity index (χ1v) is 7.79. The molecule has 1 atom stereocenters. The van der Waals surface area contributed by atoms with Crippen LogP contribution in [0.4, 0.5) is 0 Å². The van der Waals surface area contributed by atoms with Crippen molar-refractivity contribution in [3.8, 4) is 0 Å². The third-order valence-corrected chi connectivity index (χ3v) is 3.78. The highest BCUT2D eigenvalue weighted by Gasteiger charge is 2.32. The van der Waals surface area contributed by atoms with Gasteiger partial charge in [0, 0.05) is 19.6 Å². The molecular weight excluding hydrogens is 262 g/mol. The normalized spacial score (nSPS) is 14.6. The molecule has 0 fully saturated rings. The standard InChI is InChI=1S/C17H31N3O/c1-5-11-18-17(15-21,16-9-7-6-8-10-16)14-20(4)13-12-19(2)3/h6-10,18,21H,5,11-15H2,1-4H3. The molecule has 1 aromatic carbocycles. The van der Waals surface area contributed by atoms with E-state index in [2.05, 4.69) is 55.3 Å². The van der Waals surface area contributed by atoms with Gasteiger partial charge in [-0.3, -0.25) is 0 Å². The van der Waals surface area contributed by atoms with Crippen LogP contribution in [-0.4, -0.2) is 68.8 Å². The van der Waals surface area contributed by atoms with Crippen molar-refractivity contribution >= 4 is 0 Å². The summed E-state index contributed by atoms with van der Waals surface area (Å²) in [5.41, 5.74) is 0.760. The van der Waals surface area contributed by atoms with Crippen molar-refractivity contribution in [2.45, 2.75) is 18.9 Å². The molecule has 0 heterocycles. The van der Waals surface area contributed by atoms with Gasteiger partial charge in [-0.05, 0) is 39.7 Å². The van der Waals surface area contributed by atoms with Crippen LogP contribution < -0.4 is 5.32 Å². The molecule has 0 radical (unpaired) electrons. The molecule has 0 aliphatic rings. The summed E-state index contributed by atoms with van der Waals surface area (Å²) in [6.45, 7) is 5.94. The number of hydrogen-bond acceptors (Lipinski definition) is 4. The predicted molar refractivity (Wildman–Crippen MR) is 89.6 cm³/mol. The molecule has 120 valence electrons. The lowest BCUT2D eigenvalue weighted by atomic mass is 9.89. The largest absolute Gasteiger partial charge is 0.394 e. The zero-order valence-electron chi connectivity index (χ0n) is 14.0. The van der Waals surface area contributed by atoms with Crippen LogP contribution in [0.1, 0.15) is 18.9 Å². The number of benzene rings is 1. The van der Waals surface area contributed by atoms with Gasteiger partial charge in [0.2, 0.25) is 0 Å². The highest BCUT2D eigenvalue weighted by Crippen LogP contribution is 2.22. The maximum atomic E-state index is 10.1. The van der Waals surface area contributed by atoms with Gasteiger partial charge < -0.3 is 20.2 Å². The Hall–Kier alpha value is -0.940. The highest BCUT2D eigenvalue weighted by atomic mass is 16.3. The molecule has 0 saturated carbocycles. The number of aliphatic hydroxyl groups is 1. The molecule has 1 rings (SSSR count). The van der Waals surface area contributed by atoms with E-state index in [-0.39, 0.29) is 6.61 Å². The van der Waals surface area contributed by atoms with E-state index in [0.717, 1.165) is 38.2 Å². The van der Waals surface area contributed by atoms with Crippen LogP contribution in [0.25, 0.3) is 0 Å². The molecule has 1 unspecified atom stereocenters. The van der Waals surface area contributed by atoms with Crippen molar-refractivity contribution in [3.05, 3.63) is 35.9 Å². The third kappa shape index (κ3) is 5.75. The van der Waals surface area contributed by atoms with Crippen LogP contribution in [0.3, 0.4) is 0 Å². The second-order valence-electron chi connectivity index (χ2n) is 6.07. The monoisotopic (exact) mass is 293 g/mol. The zero-order chi connectivity index (χ0) is 15.7. The van der Waals surface area contributed by atoms with Crippen molar-refractivity contribution in [1.29, 1.82) is 0 Å². The van der Waals surface area contributed by atoms with E-state index < -0.39 is 5.54 Å². The van der Waals surface area contributed by atoms with Gasteiger partial charge in [-0.25, -0.2) is 0 Å². The Balaban J connectivity index is 2.85. The quantitative estimate of drug-likeness (QED) is 0.683. The Kier molecular flexibility index (Phi) is 7.89. The van der Waals surface area contributed by atoms with Crippen molar-refractivity contribution in [3.63, 3.8) is 0 Å². The number of rotatable bonds is 10. The maximum Gasteiger partial charge on any atom is 0.0797 e. The minimum Gasteiger partial charge on any atom is -0.394 e. The molecule has 0 aromatic heterocycles. The van der Waals surface area contributed by atoms with Crippen molar-refractivity contribution in [1.82, 2.24) is 15.1 Å². The second kappa shape index (κ2) is 9.15. The molecule has 0 saturated heterocycles. The SMILES string of the molecule is CCCNC(CO)(CN(C)CCN(C)C)c1ccccc1. The fourth-order valence-electron chi connectivity index (χ4n) is 2.48. The fourth-order valence-corrected chi connectivity index (χ4v) is 2.48. The number of nitrogens with zero attached hydrogens (tertiary/aromatic N) is 2. The molecule has 0 spiro atoms. The number of aliphatic hydroxyl groups excluding tert-OH is 1.